The van der Waals surface area contributed by atoms with Crippen LogP contribution in [0.15, 0.2) is 205 Å². The van der Waals surface area contributed by atoms with E-state index in [-0.39, 0.29) is 5.41 Å². The summed E-state index contributed by atoms with van der Waals surface area (Å²) in [6.45, 7) is 4.70. The van der Waals surface area contributed by atoms with Gasteiger partial charge in [-0.15, -0.1) is 0 Å². The normalized spacial score (nSPS) is 13.0. The van der Waals surface area contributed by atoms with E-state index in [0.29, 0.717) is 17.5 Å². The molecule has 0 radical (unpaired) electrons. The molecule has 300 valence electrons. The zero-order chi connectivity index (χ0) is 42.5. The second kappa shape index (κ2) is 13.9. The van der Waals surface area contributed by atoms with Crippen molar-refractivity contribution in [2.24, 2.45) is 0 Å². The highest BCUT2D eigenvalue weighted by Gasteiger charge is 2.36. The minimum atomic E-state index is -0.0691. The van der Waals surface area contributed by atoms with Crippen LogP contribution in [0.5, 0.6) is 0 Å². The zero-order valence-electron chi connectivity index (χ0n) is 35.3. The SMILES string of the molecule is CC1(C)c2ccccc2-c2c(-c3ccc4c5ccccc5c5ccc(-c6ccc7oc8cccc(-c9nc(-c%10ccccc%10)nc(-c%10ccccc%10)n9)c8c7c6)cc5c4c3)cccc21. The minimum Gasteiger partial charge on any atom is -0.456 e. The number of hydrogen-bond acceptors (Lipinski definition) is 4. The number of fused-ring (bicyclic) bond motifs is 12. The topological polar surface area (TPSA) is 51.8 Å². The van der Waals surface area contributed by atoms with Gasteiger partial charge in [0.2, 0.25) is 0 Å². The third kappa shape index (κ3) is 5.52. The summed E-state index contributed by atoms with van der Waals surface area (Å²) in [4.78, 5) is 15.2. The van der Waals surface area contributed by atoms with Gasteiger partial charge in [-0.2, -0.15) is 0 Å². The molecule has 0 saturated heterocycles. The van der Waals surface area contributed by atoms with Crippen molar-refractivity contribution in [3.05, 3.63) is 211 Å². The van der Waals surface area contributed by atoms with Gasteiger partial charge in [-0.1, -0.05) is 184 Å². The lowest BCUT2D eigenvalue weighted by Crippen LogP contribution is -2.14. The summed E-state index contributed by atoms with van der Waals surface area (Å²) < 4.78 is 6.56. The molecule has 1 aliphatic rings. The van der Waals surface area contributed by atoms with Crippen molar-refractivity contribution in [2.75, 3.05) is 0 Å². The number of benzene rings is 10. The van der Waals surface area contributed by atoms with Crippen LogP contribution in [-0.2, 0) is 5.41 Å². The van der Waals surface area contributed by atoms with Crippen molar-refractivity contribution in [3.63, 3.8) is 0 Å². The van der Waals surface area contributed by atoms with Crippen molar-refractivity contribution in [1.82, 2.24) is 15.0 Å². The van der Waals surface area contributed by atoms with E-state index in [9.17, 15) is 0 Å². The Kier molecular flexibility index (Phi) is 7.92. The molecule has 1 aliphatic carbocycles. The largest absolute Gasteiger partial charge is 0.456 e. The Hall–Kier alpha value is -8.21. The van der Waals surface area contributed by atoms with Gasteiger partial charge in [-0.25, -0.2) is 15.0 Å². The van der Waals surface area contributed by atoms with Gasteiger partial charge in [-0.3, -0.25) is 0 Å². The maximum Gasteiger partial charge on any atom is 0.164 e. The summed E-state index contributed by atoms with van der Waals surface area (Å²) in [5, 5.41) is 9.46. The zero-order valence-corrected chi connectivity index (χ0v) is 35.3. The number of hydrogen-bond donors (Lipinski definition) is 0. The molecule has 4 heteroatoms. The third-order valence-corrected chi connectivity index (χ3v) is 13.5. The van der Waals surface area contributed by atoms with Crippen LogP contribution in [-0.4, -0.2) is 15.0 Å². The Bertz CT molecular complexity index is 3810. The number of nitrogens with zero attached hydrogens (tertiary/aromatic N) is 3. The molecule has 64 heavy (non-hydrogen) atoms. The van der Waals surface area contributed by atoms with E-state index in [0.717, 1.165) is 49.8 Å². The predicted molar refractivity (Wildman–Crippen MR) is 264 cm³/mol. The fraction of sp³-hybridized carbons (Fsp3) is 0.0500. The summed E-state index contributed by atoms with van der Waals surface area (Å²) >= 11 is 0. The molecule has 0 N–H and O–H groups in total. The monoisotopic (exact) mass is 817 g/mol. The highest BCUT2D eigenvalue weighted by atomic mass is 16.3. The molecule has 10 aromatic carbocycles. The molecular weight excluding hydrogens is 779 g/mol. The molecule has 0 unspecified atom stereocenters. The van der Waals surface area contributed by atoms with Crippen LogP contribution in [0, 0.1) is 0 Å². The summed E-state index contributed by atoms with van der Waals surface area (Å²) in [5.41, 5.74) is 14.5. The Labute approximate surface area is 370 Å². The Morgan fingerprint density at radius 3 is 1.53 bits per heavy atom. The fourth-order valence-corrected chi connectivity index (χ4v) is 10.4. The van der Waals surface area contributed by atoms with Crippen molar-refractivity contribution in [1.29, 1.82) is 0 Å². The Morgan fingerprint density at radius 1 is 0.328 bits per heavy atom. The van der Waals surface area contributed by atoms with Gasteiger partial charge in [0.05, 0.1) is 0 Å². The Balaban J connectivity index is 1.00. The molecule has 0 atom stereocenters. The molecule has 0 saturated carbocycles. The maximum absolute atomic E-state index is 6.56. The van der Waals surface area contributed by atoms with Crippen LogP contribution in [0.25, 0.3) is 122 Å². The van der Waals surface area contributed by atoms with Gasteiger partial charge in [0.25, 0.3) is 0 Å². The van der Waals surface area contributed by atoms with Crippen LogP contribution in [0.4, 0.5) is 0 Å². The van der Waals surface area contributed by atoms with E-state index >= 15 is 0 Å². The highest BCUT2D eigenvalue weighted by molar-refractivity contribution is 6.26. The van der Waals surface area contributed by atoms with E-state index in [1.54, 1.807) is 0 Å². The minimum absolute atomic E-state index is 0.0691. The van der Waals surface area contributed by atoms with Crippen LogP contribution in [0.3, 0.4) is 0 Å². The number of aromatic nitrogens is 3. The molecule has 0 spiro atoms. The summed E-state index contributed by atoms with van der Waals surface area (Å²) in [6.07, 6.45) is 0. The summed E-state index contributed by atoms with van der Waals surface area (Å²) in [5.74, 6) is 1.85. The number of furan rings is 1. The molecule has 13 rings (SSSR count). The van der Waals surface area contributed by atoms with E-state index < -0.39 is 0 Å². The first-order valence-corrected chi connectivity index (χ1v) is 21.9. The molecule has 4 nitrogen and oxygen atoms in total. The average molecular weight is 818 g/mol. The van der Waals surface area contributed by atoms with Crippen molar-refractivity contribution < 1.29 is 4.42 Å². The van der Waals surface area contributed by atoms with E-state index in [2.05, 4.69) is 141 Å². The summed E-state index contributed by atoms with van der Waals surface area (Å²) in [6, 6.07) is 71.5. The number of rotatable bonds is 5. The molecule has 0 fully saturated rings. The molecule has 2 heterocycles. The van der Waals surface area contributed by atoms with Crippen LogP contribution < -0.4 is 0 Å². The smallest absolute Gasteiger partial charge is 0.164 e. The highest BCUT2D eigenvalue weighted by Crippen LogP contribution is 2.52. The van der Waals surface area contributed by atoms with E-state index in [1.165, 1.54) is 65.7 Å². The first-order chi connectivity index (χ1) is 31.5. The van der Waals surface area contributed by atoms with Gasteiger partial charge < -0.3 is 4.42 Å². The lowest BCUT2D eigenvalue weighted by molar-refractivity contribution is 0.660. The van der Waals surface area contributed by atoms with Crippen molar-refractivity contribution >= 4 is 54.3 Å². The van der Waals surface area contributed by atoms with Crippen LogP contribution in [0.1, 0.15) is 25.0 Å². The Morgan fingerprint density at radius 2 is 0.828 bits per heavy atom. The van der Waals surface area contributed by atoms with Gasteiger partial charge in [0.15, 0.2) is 17.5 Å². The van der Waals surface area contributed by atoms with Gasteiger partial charge in [0.1, 0.15) is 11.2 Å². The summed E-state index contributed by atoms with van der Waals surface area (Å²) in [7, 11) is 0. The lowest BCUT2D eigenvalue weighted by Gasteiger charge is -2.21. The lowest BCUT2D eigenvalue weighted by atomic mass is 9.82. The van der Waals surface area contributed by atoms with Gasteiger partial charge >= 0.3 is 0 Å². The fourth-order valence-electron chi connectivity index (χ4n) is 10.4. The molecule has 0 aliphatic heterocycles. The second-order valence-electron chi connectivity index (χ2n) is 17.5. The van der Waals surface area contributed by atoms with Gasteiger partial charge in [0, 0.05) is 32.9 Å². The quantitative estimate of drug-likeness (QED) is 0.162. The van der Waals surface area contributed by atoms with E-state index in [4.69, 9.17) is 19.4 Å². The first-order valence-electron chi connectivity index (χ1n) is 21.9. The van der Waals surface area contributed by atoms with E-state index in [1.807, 2.05) is 72.8 Å². The first kappa shape index (κ1) is 36.4. The van der Waals surface area contributed by atoms with Crippen molar-refractivity contribution in [2.45, 2.75) is 19.3 Å². The molecule has 2 aromatic heterocycles. The predicted octanol–water partition coefficient (Wildman–Crippen LogP) is 15.9. The van der Waals surface area contributed by atoms with Crippen LogP contribution in [0.2, 0.25) is 0 Å². The molecule has 0 bridgehead atoms. The maximum atomic E-state index is 6.56. The second-order valence-corrected chi connectivity index (χ2v) is 17.5. The third-order valence-electron chi connectivity index (χ3n) is 13.5. The molecule has 0 amide bonds. The van der Waals surface area contributed by atoms with Crippen LogP contribution >= 0.6 is 0 Å². The average Bonchev–Trinajstić information content (AvgIpc) is 3.85. The standard InChI is InChI=1S/C60H39N3O/c1-60(2)51-24-12-11-21-46(51)55-41(22-13-25-52(55)60)40-28-31-45-43-20-10-9-19-42(43)44-30-27-38(33-48(44)49(45)35-40)39-29-32-53-50(34-39)56-47(23-14-26-54(56)64-53)59-62-57(36-15-5-3-6-16-36)61-58(63-59)37-17-7-4-8-18-37/h3-35H,1-2H3. The van der Waals surface area contributed by atoms with Crippen molar-refractivity contribution in [3.8, 4) is 67.5 Å². The molecule has 12 aromatic rings. The molecular formula is C60H39N3O. The van der Waals surface area contributed by atoms with Gasteiger partial charge in [-0.05, 0) is 107 Å².